The molecule has 0 saturated carbocycles. The van der Waals surface area contributed by atoms with Gasteiger partial charge in [-0.3, -0.25) is 19.1 Å². The molecular weight excluding hydrogens is 418 g/mol. The van der Waals surface area contributed by atoms with Crippen LogP contribution < -0.4 is 10.9 Å². The van der Waals surface area contributed by atoms with Gasteiger partial charge in [-0.25, -0.2) is 4.98 Å². The maximum atomic E-state index is 12.8. The first-order valence-electron chi connectivity index (χ1n) is 11.2. The zero-order valence-electron chi connectivity index (χ0n) is 18.7. The Morgan fingerprint density at radius 3 is 2.76 bits per heavy atom. The minimum atomic E-state index is -0.261. The molecule has 0 aliphatic carbocycles. The molecule has 1 saturated heterocycles. The number of nitrogens with zero attached hydrogens (tertiary/aromatic N) is 4. The van der Waals surface area contributed by atoms with Crippen molar-refractivity contribution in [2.75, 3.05) is 38.2 Å². The Morgan fingerprint density at radius 1 is 1.09 bits per heavy atom. The number of benzene rings is 2. The van der Waals surface area contributed by atoms with Crippen LogP contribution in [-0.4, -0.2) is 57.8 Å². The molecule has 1 N–H and O–H groups in total. The van der Waals surface area contributed by atoms with Crippen LogP contribution >= 0.6 is 0 Å². The molecule has 1 fully saturated rings. The summed E-state index contributed by atoms with van der Waals surface area (Å²) >= 11 is 0. The van der Waals surface area contributed by atoms with Gasteiger partial charge in [0.25, 0.3) is 5.56 Å². The van der Waals surface area contributed by atoms with Gasteiger partial charge in [-0.05, 0) is 43.3 Å². The van der Waals surface area contributed by atoms with Gasteiger partial charge in [0, 0.05) is 49.0 Å². The summed E-state index contributed by atoms with van der Waals surface area (Å²) in [4.78, 5) is 32.4. The van der Waals surface area contributed by atoms with Crippen molar-refractivity contribution in [1.82, 2.24) is 19.0 Å². The number of carbonyl (C=O) groups excluding carboxylic acids is 1. The minimum Gasteiger partial charge on any atom is -0.379 e. The van der Waals surface area contributed by atoms with Crippen LogP contribution in [0, 0.1) is 6.92 Å². The van der Waals surface area contributed by atoms with Crippen LogP contribution in [-0.2, 0) is 22.6 Å². The molecule has 33 heavy (non-hydrogen) atoms. The lowest BCUT2D eigenvalue weighted by Gasteiger charge is -2.26. The highest BCUT2D eigenvalue weighted by Crippen LogP contribution is 2.21. The van der Waals surface area contributed by atoms with Gasteiger partial charge in [0.2, 0.25) is 5.91 Å². The maximum Gasteiger partial charge on any atom is 0.261 e. The van der Waals surface area contributed by atoms with Crippen LogP contribution in [0.1, 0.15) is 5.82 Å². The molecule has 3 heterocycles. The molecule has 0 atom stereocenters. The topological polar surface area (TPSA) is 81.4 Å². The van der Waals surface area contributed by atoms with Gasteiger partial charge >= 0.3 is 0 Å². The van der Waals surface area contributed by atoms with Gasteiger partial charge in [-0.1, -0.05) is 12.1 Å². The largest absolute Gasteiger partial charge is 0.379 e. The van der Waals surface area contributed by atoms with Gasteiger partial charge in [-0.2, -0.15) is 0 Å². The molecule has 8 nitrogen and oxygen atoms in total. The van der Waals surface area contributed by atoms with E-state index in [9.17, 15) is 9.59 Å². The molecule has 1 aliphatic rings. The molecule has 8 heteroatoms. The number of fused-ring (bicyclic) bond motifs is 2. The predicted molar refractivity (Wildman–Crippen MR) is 129 cm³/mol. The highest BCUT2D eigenvalue weighted by atomic mass is 16.5. The van der Waals surface area contributed by atoms with Crippen LogP contribution in [0.3, 0.4) is 0 Å². The second kappa shape index (κ2) is 9.17. The fourth-order valence-electron chi connectivity index (χ4n) is 4.36. The predicted octanol–water partition coefficient (Wildman–Crippen LogP) is 2.63. The summed E-state index contributed by atoms with van der Waals surface area (Å²) in [5.74, 6) is 0.255. The number of anilines is 1. The molecule has 1 aliphatic heterocycles. The highest BCUT2D eigenvalue weighted by molar-refractivity contribution is 5.94. The summed E-state index contributed by atoms with van der Waals surface area (Å²) in [6.07, 6.45) is 2.08. The van der Waals surface area contributed by atoms with E-state index < -0.39 is 0 Å². The van der Waals surface area contributed by atoms with E-state index in [4.69, 9.17) is 4.74 Å². The Morgan fingerprint density at radius 2 is 1.91 bits per heavy atom. The van der Waals surface area contributed by atoms with Crippen LogP contribution in [0.25, 0.3) is 21.8 Å². The summed E-state index contributed by atoms with van der Waals surface area (Å²) < 4.78 is 9.07. The number of amides is 1. The van der Waals surface area contributed by atoms with Gasteiger partial charge in [0.05, 0.1) is 24.1 Å². The summed E-state index contributed by atoms with van der Waals surface area (Å²) in [6, 6.07) is 15.1. The number of aryl methyl sites for hydroxylation is 1. The Hall–Kier alpha value is -3.49. The lowest BCUT2D eigenvalue weighted by atomic mass is 10.2. The average Bonchev–Trinajstić information content (AvgIpc) is 3.23. The number of nitrogens with one attached hydrogen (secondary N) is 1. The van der Waals surface area contributed by atoms with E-state index in [1.165, 1.54) is 4.57 Å². The molecule has 2 aromatic carbocycles. The number of ether oxygens (including phenoxy) is 1. The Kier molecular flexibility index (Phi) is 5.93. The molecule has 0 radical (unpaired) electrons. The van der Waals surface area contributed by atoms with Crippen molar-refractivity contribution in [3.05, 3.63) is 70.9 Å². The van der Waals surface area contributed by atoms with Crippen LogP contribution in [0.2, 0.25) is 0 Å². The fraction of sp³-hybridized carbons (Fsp3) is 0.320. The van der Waals surface area contributed by atoms with Crippen molar-refractivity contribution in [3.8, 4) is 0 Å². The van der Waals surface area contributed by atoms with Crippen molar-refractivity contribution in [1.29, 1.82) is 0 Å². The van der Waals surface area contributed by atoms with Gasteiger partial charge < -0.3 is 14.6 Å². The van der Waals surface area contributed by atoms with Crippen molar-refractivity contribution >= 4 is 33.4 Å². The zero-order chi connectivity index (χ0) is 22.8. The smallest absolute Gasteiger partial charge is 0.261 e. The number of morpholine rings is 1. The summed E-state index contributed by atoms with van der Waals surface area (Å²) in [5.41, 5.74) is 2.27. The van der Waals surface area contributed by atoms with E-state index in [0.717, 1.165) is 50.3 Å². The van der Waals surface area contributed by atoms with Crippen LogP contribution in [0.15, 0.2) is 59.5 Å². The van der Waals surface area contributed by atoms with Gasteiger partial charge in [0.1, 0.15) is 12.4 Å². The van der Waals surface area contributed by atoms with Crippen molar-refractivity contribution in [3.63, 3.8) is 0 Å². The molecule has 170 valence electrons. The quantitative estimate of drug-likeness (QED) is 0.494. The maximum absolute atomic E-state index is 12.8. The molecule has 1 amide bonds. The van der Waals surface area contributed by atoms with E-state index in [-0.39, 0.29) is 18.0 Å². The summed E-state index contributed by atoms with van der Waals surface area (Å²) in [6.45, 7) is 7.11. The van der Waals surface area contributed by atoms with Crippen molar-refractivity contribution in [2.24, 2.45) is 0 Å². The van der Waals surface area contributed by atoms with E-state index >= 15 is 0 Å². The van der Waals surface area contributed by atoms with Crippen molar-refractivity contribution < 1.29 is 9.53 Å². The summed E-state index contributed by atoms with van der Waals surface area (Å²) in [5, 5.41) is 4.50. The lowest BCUT2D eigenvalue weighted by molar-refractivity contribution is -0.116. The van der Waals surface area contributed by atoms with Crippen molar-refractivity contribution in [2.45, 2.75) is 20.0 Å². The zero-order valence-corrected chi connectivity index (χ0v) is 18.7. The third-order valence-corrected chi connectivity index (χ3v) is 6.17. The number of para-hydroxylation sites is 1. The molecule has 4 aromatic rings. The summed E-state index contributed by atoms with van der Waals surface area (Å²) in [7, 11) is 0. The SMILES string of the molecule is Cc1nc2ccccc2c(=O)n1CC(=O)Nc1ccc2c(ccn2CCN2CCOCC2)c1. The van der Waals surface area contributed by atoms with Gasteiger partial charge in [0.15, 0.2) is 0 Å². The standard InChI is InChI=1S/C25H27N5O3/c1-18-26-22-5-3-2-4-21(22)25(32)30(18)17-24(31)27-20-6-7-23-19(16-20)8-9-29(23)11-10-28-12-14-33-15-13-28/h2-9,16H,10-15,17H2,1H3,(H,27,31). The number of aromatic nitrogens is 3. The average molecular weight is 446 g/mol. The van der Waals surface area contributed by atoms with E-state index in [1.807, 2.05) is 24.3 Å². The second-order valence-electron chi connectivity index (χ2n) is 8.35. The Balaban J connectivity index is 1.28. The van der Waals surface area contributed by atoms with Gasteiger partial charge in [-0.15, -0.1) is 0 Å². The molecule has 0 unspecified atom stereocenters. The third-order valence-electron chi connectivity index (χ3n) is 6.17. The van der Waals surface area contributed by atoms with E-state index in [1.54, 1.807) is 25.1 Å². The molecule has 5 rings (SSSR count). The molecular formula is C25H27N5O3. The second-order valence-corrected chi connectivity index (χ2v) is 8.35. The first kappa shape index (κ1) is 21.4. The van der Waals surface area contributed by atoms with E-state index in [0.29, 0.717) is 22.4 Å². The lowest BCUT2D eigenvalue weighted by Crippen LogP contribution is -2.38. The van der Waals surface area contributed by atoms with E-state index in [2.05, 4.69) is 32.0 Å². The Labute approximate surface area is 191 Å². The molecule has 0 spiro atoms. The fourth-order valence-corrected chi connectivity index (χ4v) is 4.36. The third kappa shape index (κ3) is 4.53. The van der Waals surface area contributed by atoms with Crippen LogP contribution in [0.4, 0.5) is 5.69 Å². The number of rotatable bonds is 6. The highest BCUT2D eigenvalue weighted by Gasteiger charge is 2.13. The number of hydrogen-bond donors (Lipinski definition) is 1. The minimum absolute atomic E-state index is 0.0822. The monoisotopic (exact) mass is 445 g/mol. The first-order valence-corrected chi connectivity index (χ1v) is 11.2. The first-order chi connectivity index (χ1) is 16.1. The van der Waals surface area contributed by atoms with Crippen LogP contribution in [0.5, 0.6) is 0 Å². The normalized spacial score (nSPS) is 14.7. The number of hydrogen-bond acceptors (Lipinski definition) is 5. The number of carbonyl (C=O) groups is 1. The molecule has 0 bridgehead atoms. The Bertz CT molecular complexity index is 1370. The molecule has 2 aromatic heterocycles.